The van der Waals surface area contributed by atoms with Crippen molar-refractivity contribution in [2.24, 2.45) is 0 Å². The fourth-order valence-electron chi connectivity index (χ4n) is 2.03. The van der Waals surface area contributed by atoms with Gasteiger partial charge in [-0.15, -0.1) is 0 Å². The Morgan fingerprint density at radius 2 is 1.95 bits per heavy atom. The quantitative estimate of drug-likeness (QED) is 0.849. The first kappa shape index (κ1) is 14.8. The smallest absolute Gasteiger partial charge is 0.383 e. The molecule has 0 aliphatic rings. The van der Waals surface area contributed by atoms with Crippen molar-refractivity contribution in [2.45, 2.75) is 19.3 Å². The Balaban J connectivity index is 2.49. The number of ether oxygens (including phenoxy) is 2. The lowest BCUT2D eigenvalue weighted by Crippen LogP contribution is -2.09. The molecular weight excluding hydrogens is 273 g/mol. The third-order valence-corrected chi connectivity index (χ3v) is 2.95. The highest BCUT2D eigenvalue weighted by Crippen LogP contribution is 2.31. The molecule has 0 N–H and O–H groups in total. The van der Waals surface area contributed by atoms with E-state index in [1.807, 2.05) is 4.57 Å². The van der Waals surface area contributed by atoms with Crippen LogP contribution in [0.5, 0.6) is 0 Å². The number of aromatic nitrogens is 2. The number of halogens is 3. The van der Waals surface area contributed by atoms with Crippen molar-refractivity contribution < 1.29 is 22.6 Å². The number of nitrogens with zero attached hydrogens (tertiary/aromatic N) is 2. The van der Waals surface area contributed by atoms with E-state index in [2.05, 4.69) is 4.98 Å². The average molecular weight is 288 g/mol. The molecule has 1 aromatic carbocycles. The molecule has 1 aromatic heterocycles. The minimum atomic E-state index is -4.37. The molecule has 2 rings (SSSR count). The van der Waals surface area contributed by atoms with Crippen LogP contribution in [0.2, 0.25) is 0 Å². The van der Waals surface area contributed by atoms with E-state index in [1.54, 1.807) is 7.11 Å². The number of fused-ring (bicyclic) bond motifs is 1. The average Bonchev–Trinajstić information content (AvgIpc) is 2.72. The number of benzene rings is 1. The zero-order valence-corrected chi connectivity index (χ0v) is 11.2. The Kier molecular flexibility index (Phi) is 4.29. The number of hydrogen-bond donors (Lipinski definition) is 0. The SMILES string of the molecule is COCCn1c(COC)nc2cc(C(F)(F)F)ccc21. The van der Waals surface area contributed by atoms with Gasteiger partial charge < -0.3 is 14.0 Å². The Morgan fingerprint density at radius 1 is 1.20 bits per heavy atom. The van der Waals surface area contributed by atoms with Crippen LogP contribution in [-0.4, -0.2) is 30.4 Å². The van der Waals surface area contributed by atoms with Crippen LogP contribution >= 0.6 is 0 Å². The van der Waals surface area contributed by atoms with Crippen molar-refractivity contribution in [3.8, 4) is 0 Å². The maximum Gasteiger partial charge on any atom is 0.416 e. The fraction of sp³-hybridized carbons (Fsp3) is 0.462. The van der Waals surface area contributed by atoms with Crippen molar-refractivity contribution in [1.82, 2.24) is 9.55 Å². The number of rotatable bonds is 5. The number of methoxy groups -OCH3 is 2. The van der Waals surface area contributed by atoms with Crippen molar-refractivity contribution in [2.75, 3.05) is 20.8 Å². The topological polar surface area (TPSA) is 36.3 Å². The Labute approximate surface area is 114 Å². The molecule has 0 spiro atoms. The van der Waals surface area contributed by atoms with E-state index < -0.39 is 11.7 Å². The Bertz CT molecular complexity index is 593. The molecular formula is C13H15F3N2O2. The molecule has 0 unspecified atom stereocenters. The number of hydrogen-bond acceptors (Lipinski definition) is 3. The number of imidazole rings is 1. The Hall–Kier alpha value is -1.60. The molecule has 0 fully saturated rings. The molecule has 0 saturated carbocycles. The second-order valence-corrected chi connectivity index (χ2v) is 4.31. The minimum Gasteiger partial charge on any atom is -0.383 e. The van der Waals surface area contributed by atoms with E-state index in [9.17, 15) is 13.2 Å². The summed E-state index contributed by atoms with van der Waals surface area (Å²) >= 11 is 0. The summed E-state index contributed by atoms with van der Waals surface area (Å²) in [6.45, 7) is 1.19. The first-order valence-corrected chi connectivity index (χ1v) is 6.01. The molecule has 0 bridgehead atoms. The molecule has 110 valence electrons. The van der Waals surface area contributed by atoms with E-state index in [0.29, 0.717) is 30.0 Å². The second kappa shape index (κ2) is 5.80. The van der Waals surface area contributed by atoms with Crippen molar-refractivity contribution in [1.29, 1.82) is 0 Å². The molecule has 1 heterocycles. The van der Waals surface area contributed by atoms with Gasteiger partial charge in [0.05, 0.1) is 23.2 Å². The Morgan fingerprint density at radius 3 is 2.55 bits per heavy atom. The van der Waals surface area contributed by atoms with Crippen LogP contribution < -0.4 is 0 Å². The van der Waals surface area contributed by atoms with Crippen LogP contribution in [0.4, 0.5) is 13.2 Å². The maximum atomic E-state index is 12.7. The van der Waals surface area contributed by atoms with Crippen LogP contribution in [0.25, 0.3) is 11.0 Å². The molecule has 0 radical (unpaired) electrons. The van der Waals surface area contributed by atoms with E-state index in [0.717, 1.165) is 12.1 Å². The summed E-state index contributed by atoms with van der Waals surface area (Å²) in [5.74, 6) is 0.582. The zero-order valence-electron chi connectivity index (χ0n) is 11.2. The predicted octanol–water partition coefficient (Wildman–Crippen LogP) is 2.85. The minimum absolute atomic E-state index is 0.236. The maximum absolute atomic E-state index is 12.7. The summed E-state index contributed by atoms with van der Waals surface area (Å²) in [6.07, 6.45) is -4.37. The molecule has 20 heavy (non-hydrogen) atoms. The van der Waals surface area contributed by atoms with Crippen LogP contribution in [-0.2, 0) is 28.8 Å². The highest BCUT2D eigenvalue weighted by Gasteiger charge is 2.31. The van der Waals surface area contributed by atoms with Crippen LogP contribution in [0.3, 0.4) is 0 Å². The van der Waals surface area contributed by atoms with Crippen LogP contribution in [0.1, 0.15) is 11.4 Å². The molecule has 0 aliphatic carbocycles. The molecule has 0 amide bonds. The molecule has 0 atom stereocenters. The lowest BCUT2D eigenvalue weighted by molar-refractivity contribution is -0.137. The third kappa shape index (κ3) is 2.94. The van der Waals surface area contributed by atoms with Crippen molar-refractivity contribution >= 4 is 11.0 Å². The van der Waals surface area contributed by atoms with Gasteiger partial charge >= 0.3 is 6.18 Å². The molecule has 7 heteroatoms. The first-order chi connectivity index (χ1) is 9.47. The van der Waals surface area contributed by atoms with E-state index in [4.69, 9.17) is 9.47 Å². The summed E-state index contributed by atoms with van der Waals surface area (Å²) in [5.41, 5.74) is 0.246. The van der Waals surface area contributed by atoms with Gasteiger partial charge in [-0.2, -0.15) is 13.2 Å². The standard InChI is InChI=1S/C13H15F3N2O2/c1-19-6-5-18-11-4-3-9(13(14,15)16)7-10(11)17-12(18)8-20-2/h3-4,7H,5-6,8H2,1-2H3. The monoisotopic (exact) mass is 288 g/mol. The van der Waals surface area contributed by atoms with Gasteiger partial charge in [0, 0.05) is 20.8 Å². The zero-order chi connectivity index (χ0) is 14.8. The second-order valence-electron chi connectivity index (χ2n) is 4.31. The van der Waals surface area contributed by atoms with Gasteiger partial charge in [0.1, 0.15) is 12.4 Å². The summed E-state index contributed by atoms with van der Waals surface area (Å²) in [4.78, 5) is 4.21. The molecule has 2 aromatic rings. The van der Waals surface area contributed by atoms with Gasteiger partial charge in [-0.25, -0.2) is 4.98 Å². The van der Waals surface area contributed by atoms with Gasteiger partial charge in [0.2, 0.25) is 0 Å². The van der Waals surface area contributed by atoms with Gasteiger partial charge in [-0.05, 0) is 18.2 Å². The number of alkyl halides is 3. The first-order valence-electron chi connectivity index (χ1n) is 6.01. The largest absolute Gasteiger partial charge is 0.416 e. The lowest BCUT2D eigenvalue weighted by Gasteiger charge is -2.09. The summed E-state index contributed by atoms with van der Waals surface area (Å²) in [6, 6.07) is 3.54. The molecule has 0 aliphatic heterocycles. The van der Waals surface area contributed by atoms with Crippen molar-refractivity contribution in [3.63, 3.8) is 0 Å². The van der Waals surface area contributed by atoms with Crippen LogP contribution in [0.15, 0.2) is 18.2 Å². The summed E-state index contributed by atoms with van der Waals surface area (Å²) in [5, 5.41) is 0. The summed E-state index contributed by atoms with van der Waals surface area (Å²) < 4.78 is 49.9. The van der Waals surface area contributed by atoms with Gasteiger partial charge in [-0.3, -0.25) is 0 Å². The van der Waals surface area contributed by atoms with Gasteiger partial charge in [0.15, 0.2) is 0 Å². The third-order valence-electron chi connectivity index (χ3n) is 2.95. The molecule has 4 nitrogen and oxygen atoms in total. The summed E-state index contributed by atoms with van der Waals surface area (Å²) in [7, 11) is 3.08. The highest BCUT2D eigenvalue weighted by molar-refractivity contribution is 5.77. The molecule has 0 saturated heterocycles. The van der Waals surface area contributed by atoms with Crippen LogP contribution in [0, 0.1) is 0 Å². The van der Waals surface area contributed by atoms with Gasteiger partial charge in [0.25, 0.3) is 0 Å². The van der Waals surface area contributed by atoms with E-state index in [1.165, 1.54) is 13.2 Å². The van der Waals surface area contributed by atoms with E-state index >= 15 is 0 Å². The fourth-order valence-corrected chi connectivity index (χ4v) is 2.03. The van der Waals surface area contributed by atoms with E-state index in [-0.39, 0.29) is 6.61 Å². The normalized spacial score (nSPS) is 12.2. The lowest BCUT2D eigenvalue weighted by atomic mass is 10.2. The predicted molar refractivity (Wildman–Crippen MR) is 67.3 cm³/mol. The van der Waals surface area contributed by atoms with Crippen molar-refractivity contribution in [3.05, 3.63) is 29.6 Å². The van der Waals surface area contributed by atoms with Gasteiger partial charge in [-0.1, -0.05) is 0 Å². The highest BCUT2D eigenvalue weighted by atomic mass is 19.4.